The molecule has 0 unspecified atom stereocenters. The van der Waals surface area contributed by atoms with Gasteiger partial charge in [-0.25, -0.2) is 4.68 Å². The molecule has 0 spiro atoms. The molecule has 0 saturated heterocycles. The van der Waals surface area contributed by atoms with Gasteiger partial charge in [0, 0.05) is 29.6 Å². The van der Waals surface area contributed by atoms with E-state index in [4.69, 9.17) is 9.15 Å². The third-order valence-corrected chi connectivity index (χ3v) is 5.98. The minimum absolute atomic E-state index is 0.125. The van der Waals surface area contributed by atoms with E-state index in [0.29, 0.717) is 38.3 Å². The summed E-state index contributed by atoms with van der Waals surface area (Å²) in [5.74, 6) is 2.30. The molecule has 5 aromatic rings. The number of nitrogens with zero attached hydrogens (tertiary/aromatic N) is 5. The second kappa shape index (κ2) is 11.0. The summed E-state index contributed by atoms with van der Waals surface area (Å²) in [5, 5.41) is 13.3. The van der Waals surface area contributed by atoms with Crippen LogP contribution in [0.25, 0.3) is 10.9 Å². The molecule has 0 aliphatic carbocycles. The number of rotatable bonds is 11. The number of fused-ring (bicyclic) bond motifs is 1. The molecule has 0 fully saturated rings. The van der Waals surface area contributed by atoms with Crippen LogP contribution in [0.2, 0.25) is 0 Å². The molecule has 0 bridgehead atoms. The maximum atomic E-state index is 12.9. The molecule has 36 heavy (non-hydrogen) atoms. The van der Waals surface area contributed by atoms with Crippen LogP contribution in [0.3, 0.4) is 0 Å². The molecule has 0 amide bonds. The van der Waals surface area contributed by atoms with Crippen molar-refractivity contribution in [2.24, 2.45) is 0 Å². The molecule has 9 nitrogen and oxygen atoms in total. The second-order valence-corrected chi connectivity index (χ2v) is 8.58. The lowest BCUT2D eigenvalue weighted by atomic mass is 10.1. The Morgan fingerprint density at radius 2 is 1.92 bits per heavy atom. The van der Waals surface area contributed by atoms with Gasteiger partial charge in [-0.1, -0.05) is 30.3 Å². The van der Waals surface area contributed by atoms with Crippen LogP contribution < -0.4 is 10.3 Å². The normalized spacial score (nSPS) is 11.4. The number of aromatic amines is 1. The zero-order chi connectivity index (χ0) is 24.7. The number of hydrogen-bond acceptors (Lipinski definition) is 7. The summed E-state index contributed by atoms with van der Waals surface area (Å²) in [4.78, 5) is 18.0. The maximum absolute atomic E-state index is 12.9. The fourth-order valence-corrected chi connectivity index (χ4v) is 4.23. The van der Waals surface area contributed by atoms with Gasteiger partial charge in [0.1, 0.15) is 11.5 Å². The highest BCUT2D eigenvalue weighted by atomic mass is 16.5. The highest BCUT2D eigenvalue weighted by Gasteiger charge is 2.17. The molecule has 0 atom stereocenters. The summed E-state index contributed by atoms with van der Waals surface area (Å²) in [7, 11) is 0. The minimum Gasteiger partial charge on any atom is -0.494 e. The molecule has 0 radical (unpaired) electrons. The van der Waals surface area contributed by atoms with Crippen LogP contribution in [0.15, 0.2) is 82.2 Å². The molecule has 2 aromatic carbocycles. The third kappa shape index (κ3) is 5.69. The fourth-order valence-electron chi connectivity index (χ4n) is 4.23. The number of hydrogen-bond donors (Lipinski definition) is 1. The van der Waals surface area contributed by atoms with Crippen molar-refractivity contribution >= 4 is 10.9 Å². The van der Waals surface area contributed by atoms with Gasteiger partial charge < -0.3 is 14.1 Å². The predicted molar refractivity (Wildman–Crippen MR) is 135 cm³/mol. The van der Waals surface area contributed by atoms with E-state index in [1.165, 1.54) is 5.56 Å². The largest absolute Gasteiger partial charge is 0.494 e. The highest BCUT2D eigenvalue weighted by Crippen LogP contribution is 2.20. The first-order valence-corrected chi connectivity index (χ1v) is 12.0. The molecule has 0 aliphatic heterocycles. The number of H-pyrrole nitrogens is 1. The molecule has 9 heteroatoms. The SMILES string of the molecule is CCOc1ccc2[nH]c(=O)c(CN(Cc3ccco3)Cc3nnnn3CCc3ccccc3)cc2c1. The lowest BCUT2D eigenvalue weighted by Crippen LogP contribution is -2.28. The van der Waals surface area contributed by atoms with Gasteiger partial charge in [-0.05, 0) is 65.7 Å². The molecule has 3 heterocycles. The van der Waals surface area contributed by atoms with Gasteiger partial charge in [-0.3, -0.25) is 9.69 Å². The molecule has 0 aliphatic rings. The Morgan fingerprint density at radius 1 is 1.03 bits per heavy atom. The highest BCUT2D eigenvalue weighted by molar-refractivity contribution is 5.80. The Hall–Kier alpha value is -4.24. The number of tetrazole rings is 1. The number of aromatic nitrogens is 5. The Morgan fingerprint density at radius 3 is 2.72 bits per heavy atom. The smallest absolute Gasteiger partial charge is 0.252 e. The van der Waals surface area contributed by atoms with Gasteiger partial charge in [-0.2, -0.15) is 0 Å². The second-order valence-electron chi connectivity index (χ2n) is 8.58. The van der Waals surface area contributed by atoms with Crippen LogP contribution in [0.4, 0.5) is 0 Å². The van der Waals surface area contributed by atoms with Gasteiger partial charge in [0.05, 0.1) is 26.0 Å². The molecular weight excluding hydrogens is 456 g/mol. The first-order valence-electron chi connectivity index (χ1n) is 12.0. The Kier molecular flexibility index (Phi) is 7.18. The van der Waals surface area contributed by atoms with Gasteiger partial charge in [-0.15, -0.1) is 5.10 Å². The standard InChI is InChI=1S/C27H28N6O3/c1-2-35-23-10-11-25-21(16-23)15-22(27(34)28-25)17-32(18-24-9-6-14-36-24)19-26-29-30-31-33(26)13-12-20-7-4-3-5-8-20/h3-11,14-16H,2,12-13,17-19H2,1H3,(H,28,34). The Labute approximate surface area is 208 Å². The summed E-state index contributed by atoms with van der Waals surface area (Å²) >= 11 is 0. The van der Waals surface area contributed by atoms with Crippen LogP contribution in [0, 0.1) is 0 Å². The number of furan rings is 1. The third-order valence-electron chi connectivity index (χ3n) is 5.98. The van der Waals surface area contributed by atoms with E-state index < -0.39 is 0 Å². The van der Waals surface area contributed by atoms with E-state index in [9.17, 15) is 4.79 Å². The van der Waals surface area contributed by atoms with Crippen LogP contribution >= 0.6 is 0 Å². The number of aryl methyl sites for hydroxylation is 2. The molecular formula is C27H28N6O3. The zero-order valence-corrected chi connectivity index (χ0v) is 20.1. The molecule has 1 N–H and O–H groups in total. The van der Waals surface area contributed by atoms with Crippen molar-refractivity contribution in [2.75, 3.05) is 6.61 Å². The molecule has 3 aromatic heterocycles. The number of ether oxygens (including phenoxy) is 1. The zero-order valence-electron chi connectivity index (χ0n) is 20.1. The summed E-state index contributed by atoms with van der Waals surface area (Å²) < 4.78 is 13.1. The number of benzene rings is 2. The number of nitrogens with one attached hydrogen (secondary N) is 1. The summed E-state index contributed by atoms with van der Waals surface area (Å²) in [6.45, 7) is 4.56. The fraction of sp³-hybridized carbons (Fsp3) is 0.259. The molecule has 5 rings (SSSR count). The van der Waals surface area contributed by atoms with Gasteiger partial charge in [0.2, 0.25) is 0 Å². The monoisotopic (exact) mass is 484 g/mol. The van der Waals surface area contributed by atoms with Crippen LogP contribution in [0.1, 0.15) is 29.6 Å². The number of pyridine rings is 1. The van der Waals surface area contributed by atoms with Crippen LogP contribution in [-0.4, -0.2) is 36.7 Å². The van der Waals surface area contributed by atoms with Gasteiger partial charge in [0.15, 0.2) is 5.82 Å². The van der Waals surface area contributed by atoms with Crippen molar-refractivity contribution in [3.8, 4) is 5.75 Å². The summed E-state index contributed by atoms with van der Waals surface area (Å²) in [6, 6.07) is 21.6. The molecule has 184 valence electrons. The first-order chi connectivity index (χ1) is 17.7. The van der Waals surface area contributed by atoms with Gasteiger partial charge >= 0.3 is 0 Å². The van der Waals surface area contributed by atoms with Crippen molar-refractivity contribution < 1.29 is 9.15 Å². The van der Waals surface area contributed by atoms with Gasteiger partial charge in [0.25, 0.3) is 5.56 Å². The predicted octanol–water partition coefficient (Wildman–Crippen LogP) is 3.95. The average molecular weight is 485 g/mol. The average Bonchev–Trinajstić information content (AvgIpc) is 3.56. The van der Waals surface area contributed by atoms with Crippen molar-refractivity contribution in [3.63, 3.8) is 0 Å². The summed E-state index contributed by atoms with van der Waals surface area (Å²) in [6.07, 6.45) is 2.47. The summed E-state index contributed by atoms with van der Waals surface area (Å²) in [5.41, 5.74) is 2.51. The lowest BCUT2D eigenvalue weighted by molar-refractivity contribution is 0.216. The topological polar surface area (TPSA) is 102 Å². The van der Waals surface area contributed by atoms with Crippen molar-refractivity contribution in [2.45, 2.75) is 39.5 Å². The van der Waals surface area contributed by atoms with E-state index in [0.717, 1.165) is 34.7 Å². The van der Waals surface area contributed by atoms with Crippen molar-refractivity contribution in [1.82, 2.24) is 30.1 Å². The van der Waals surface area contributed by atoms with Crippen molar-refractivity contribution in [1.29, 1.82) is 0 Å². The minimum atomic E-state index is -0.125. The van der Waals surface area contributed by atoms with E-state index in [1.54, 1.807) is 6.26 Å². The lowest BCUT2D eigenvalue weighted by Gasteiger charge is -2.20. The van der Waals surface area contributed by atoms with E-state index in [2.05, 4.69) is 37.5 Å². The van der Waals surface area contributed by atoms with Crippen LogP contribution in [0.5, 0.6) is 5.75 Å². The van der Waals surface area contributed by atoms with E-state index in [1.807, 2.05) is 66.2 Å². The van der Waals surface area contributed by atoms with Crippen LogP contribution in [-0.2, 0) is 32.6 Å². The maximum Gasteiger partial charge on any atom is 0.252 e. The Bertz CT molecular complexity index is 1460. The Balaban J connectivity index is 1.38. The molecule has 0 saturated carbocycles. The van der Waals surface area contributed by atoms with E-state index in [-0.39, 0.29) is 5.56 Å². The quantitative estimate of drug-likeness (QED) is 0.303. The van der Waals surface area contributed by atoms with Crippen molar-refractivity contribution in [3.05, 3.63) is 106 Å². The van der Waals surface area contributed by atoms with E-state index >= 15 is 0 Å². The first kappa shape index (κ1) is 23.5.